The second-order valence-electron chi connectivity index (χ2n) is 4.35. The van der Waals surface area contributed by atoms with E-state index in [0.29, 0.717) is 4.47 Å². The number of sulfonamides is 1. The molecular formula is C12H13BrN2O2S. The van der Waals surface area contributed by atoms with E-state index >= 15 is 0 Å². The van der Waals surface area contributed by atoms with E-state index in [0.717, 1.165) is 19.3 Å². The molecule has 0 aromatic heterocycles. The SMILES string of the molecule is N#CC1CCCC1NS(=O)(=O)c1cccc(Br)c1. The van der Waals surface area contributed by atoms with Crippen molar-refractivity contribution in [1.82, 2.24) is 4.72 Å². The summed E-state index contributed by atoms with van der Waals surface area (Å²) >= 11 is 3.25. The average Bonchev–Trinajstić information content (AvgIpc) is 2.75. The fraction of sp³-hybridized carbons (Fsp3) is 0.417. The molecule has 2 rings (SSSR count). The molecule has 1 fully saturated rings. The van der Waals surface area contributed by atoms with Gasteiger partial charge in [0.2, 0.25) is 10.0 Å². The molecule has 1 aromatic carbocycles. The number of hydrogen-bond acceptors (Lipinski definition) is 3. The van der Waals surface area contributed by atoms with Crippen LogP contribution in [0.5, 0.6) is 0 Å². The van der Waals surface area contributed by atoms with Gasteiger partial charge in [0, 0.05) is 10.5 Å². The second kappa shape index (κ2) is 5.39. The third-order valence-electron chi connectivity index (χ3n) is 3.09. The van der Waals surface area contributed by atoms with Crippen molar-refractivity contribution in [2.75, 3.05) is 0 Å². The smallest absolute Gasteiger partial charge is 0.207 e. The quantitative estimate of drug-likeness (QED) is 0.926. The van der Waals surface area contributed by atoms with Crippen molar-refractivity contribution in [2.45, 2.75) is 30.2 Å². The summed E-state index contributed by atoms with van der Waals surface area (Å²) in [7, 11) is -3.54. The number of halogens is 1. The Morgan fingerprint density at radius 1 is 1.39 bits per heavy atom. The summed E-state index contributed by atoms with van der Waals surface area (Å²) in [6.07, 6.45) is 2.39. The van der Waals surface area contributed by atoms with Crippen LogP contribution >= 0.6 is 15.9 Å². The normalized spacial score (nSPS) is 23.8. The van der Waals surface area contributed by atoms with Crippen molar-refractivity contribution in [3.8, 4) is 6.07 Å². The van der Waals surface area contributed by atoms with E-state index in [9.17, 15) is 8.42 Å². The molecule has 0 heterocycles. The van der Waals surface area contributed by atoms with Gasteiger partial charge in [-0.25, -0.2) is 13.1 Å². The van der Waals surface area contributed by atoms with Gasteiger partial charge in [0.05, 0.1) is 16.9 Å². The van der Waals surface area contributed by atoms with Crippen LogP contribution in [0.3, 0.4) is 0 Å². The van der Waals surface area contributed by atoms with Crippen LogP contribution in [0.4, 0.5) is 0 Å². The average molecular weight is 329 g/mol. The minimum absolute atomic E-state index is 0.216. The minimum Gasteiger partial charge on any atom is -0.207 e. The van der Waals surface area contributed by atoms with Gasteiger partial charge < -0.3 is 0 Å². The first kappa shape index (κ1) is 13.5. The van der Waals surface area contributed by atoms with Crippen LogP contribution in [0.25, 0.3) is 0 Å². The van der Waals surface area contributed by atoms with Gasteiger partial charge in [-0.05, 0) is 31.0 Å². The zero-order chi connectivity index (χ0) is 13.2. The van der Waals surface area contributed by atoms with E-state index in [1.54, 1.807) is 24.3 Å². The maximum atomic E-state index is 12.2. The summed E-state index contributed by atoms with van der Waals surface area (Å²) < 4.78 is 27.7. The summed E-state index contributed by atoms with van der Waals surface area (Å²) in [6, 6.07) is 8.44. The molecule has 1 N–H and O–H groups in total. The van der Waals surface area contributed by atoms with E-state index in [2.05, 4.69) is 26.7 Å². The lowest BCUT2D eigenvalue weighted by molar-refractivity contribution is 0.515. The van der Waals surface area contributed by atoms with Crippen LogP contribution in [-0.4, -0.2) is 14.5 Å². The Labute approximate surface area is 115 Å². The third-order valence-corrected chi connectivity index (χ3v) is 5.08. The van der Waals surface area contributed by atoms with Crippen molar-refractivity contribution in [2.24, 2.45) is 5.92 Å². The highest BCUT2D eigenvalue weighted by Crippen LogP contribution is 2.26. The lowest BCUT2D eigenvalue weighted by Gasteiger charge is -2.15. The molecule has 18 heavy (non-hydrogen) atoms. The number of hydrogen-bond donors (Lipinski definition) is 1. The number of nitriles is 1. The Hall–Kier alpha value is -0.900. The highest BCUT2D eigenvalue weighted by Gasteiger charge is 2.31. The van der Waals surface area contributed by atoms with Gasteiger partial charge in [-0.3, -0.25) is 0 Å². The predicted molar refractivity (Wildman–Crippen MR) is 71.2 cm³/mol. The van der Waals surface area contributed by atoms with Crippen molar-refractivity contribution in [3.05, 3.63) is 28.7 Å². The lowest BCUT2D eigenvalue weighted by Crippen LogP contribution is -2.36. The molecule has 1 aromatic rings. The monoisotopic (exact) mass is 328 g/mol. The first-order valence-corrected chi connectivity index (χ1v) is 7.98. The zero-order valence-corrected chi connectivity index (χ0v) is 12.0. The van der Waals surface area contributed by atoms with Crippen molar-refractivity contribution in [3.63, 3.8) is 0 Å². The zero-order valence-electron chi connectivity index (χ0n) is 9.64. The molecule has 1 aliphatic carbocycles. The van der Waals surface area contributed by atoms with Gasteiger partial charge in [-0.2, -0.15) is 5.26 Å². The van der Waals surface area contributed by atoms with Crippen molar-refractivity contribution < 1.29 is 8.42 Å². The molecule has 2 unspecified atom stereocenters. The van der Waals surface area contributed by atoms with E-state index in [1.807, 2.05) is 0 Å². The summed E-state index contributed by atoms with van der Waals surface area (Å²) in [6.45, 7) is 0. The molecule has 0 bridgehead atoms. The molecule has 0 radical (unpaired) electrons. The van der Waals surface area contributed by atoms with Crippen LogP contribution in [0.2, 0.25) is 0 Å². The van der Waals surface area contributed by atoms with Crippen LogP contribution in [-0.2, 0) is 10.0 Å². The van der Waals surface area contributed by atoms with Gasteiger partial charge in [0.15, 0.2) is 0 Å². The van der Waals surface area contributed by atoms with Crippen LogP contribution in [0.15, 0.2) is 33.6 Å². The molecule has 0 spiro atoms. The van der Waals surface area contributed by atoms with Gasteiger partial charge >= 0.3 is 0 Å². The summed E-state index contributed by atoms with van der Waals surface area (Å²) in [4.78, 5) is 0.223. The molecule has 4 nitrogen and oxygen atoms in total. The maximum absolute atomic E-state index is 12.2. The fourth-order valence-electron chi connectivity index (χ4n) is 2.16. The molecule has 0 saturated heterocycles. The Balaban J connectivity index is 2.20. The molecule has 6 heteroatoms. The number of nitrogens with one attached hydrogen (secondary N) is 1. The van der Waals surface area contributed by atoms with Gasteiger partial charge in [-0.1, -0.05) is 28.4 Å². The standard InChI is InChI=1S/C12H13BrN2O2S/c13-10-4-2-5-11(7-10)18(16,17)15-12-6-1-3-9(12)8-14/h2,4-5,7,9,12,15H,1,3,6H2. The highest BCUT2D eigenvalue weighted by atomic mass is 79.9. The minimum atomic E-state index is -3.54. The number of benzene rings is 1. The Morgan fingerprint density at radius 3 is 2.83 bits per heavy atom. The number of nitrogens with zero attached hydrogens (tertiary/aromatic N) is 1. The maximum Gasteiger partial charge on any atom is 0.240 e. The van der Waals surface area contributed by atoms with E-state index in [4.69, 9.17) is 5.26 Å². The molecule has 96 valence electrons. The van der Waals surface area contributed by atoms with E-state index in [1.165, 1.54) is 0 Å². The van der Waals surface area contributed by atoms with Crippen molar-refractivity contribution in [1.29, 1.82) is 5.26 Å². The third kappa shape index (κ3) is 2.91. The summed E-state index contributed by atoms with van der Waals surface area (Å²) in [5, 5.41) is 8.96. The van der Waals surface area contributed by atoms with Gasteiger partial charge in [0.25, 0.3) is 0 Å². The second-order valence-corrected chi connectivity index (χ2v) is 6.98. The van der Waals surface area contributed by atoms with Gasteiger partial charge in [0.1, 0.15) is 0 Å². The fourth-order valence-corrected chi connectivity index (χ4v) is 4.06. The van der Waals surface area contributed by atoms with E-state index < -0.39 is 10.0 Å². The molecule has 0 amide bonds. The molecule has 2 atom stereocenters. The predicted octanol–water partition coefficient (Wildman–Crippen LogP) is 2.42. The topological polar surface area (TPSA) is 70.0 Å². The molecule has 1 aliphatic rings. The van der Waals surface area contributed by atoms with Crippen LogP contribution in [0.1, 0.15) is 19.3 Å². The van der Waals surface area contributed by atoms with E-state index in [-0.39, 0.29) is 16.9 Å². The molecule has 0 aliphatic heterocycles. The summed E-state index contributed by atoms with van der Waals surface area (Å²) in [5.74, 6) is -0.216. The Kier molecular flexibility index (Phi) is 4.05. The summed E-state index contributed by atoms with van der Waals surface area (Å²) in [5.41, 5.74) is 0. The van der Waals surface area contributed by atoms with Crippen LogP contribution < -0.4 is 4.72 Å². The van der Waals surface area contributed by atoms with Gasteiger partial charge in [-0.15, -0.1) is 0 Å². The van der Waals surface area contributed by atoms with Crippen LogP contribution in [0, 0.1) is 17.2 Å². The first-order chi connectivity index (χ1) is 8.53. The lowest BCUT2D eigenvalue weighted by atomic mass is 10.1. The first-order valence-electron chi connectivity index (χ1n) is 5.70. The Morgan fingerprint density at radius 2 is 2.17 bits per heavy atom. The highest BCUT2D eigenvalue weighted by molar-refractivity contribution is 9.10. The number of rotatable bonds is 3. The van der Waals surface area contributed by atoms with Crippen molar-refractivity contribution >= 4 is 26.0 Å². The molecular weight excluding hydrogens is 316 g/mol. The Bertz CT molecular complexity index is 580. The molecule has 1 saturated carbocycles. The largest absolute Gasteiger partial charge is 0.240 e.